The number of anilines is 1. The standard InChI is InChI=1S/C19H23N3O2/c1-14-5-4-6-16(20-14)13-21-11-12-22(19(23)15(21)2)17-7-9-18(24-3)10-8-17/h4-10,15H,11-13H2,1-3H3/t15-/m0/s1. The average molecular weight is 325 g/mol. The molecule has 1 aromatic heterocycles. The molecule has 0 radical (unpaired) electrons. The highest BCUT2D eigenvalue weighted by Gasteiger charge is 2.32. The fourth-order valence-electron chi connectivity index (χ4n) is 3.04. The number of methoxy groups -OCH3 is 1. The van der Waals surface area contributed by atoms with Crippen LogP contribution >= 0.6 is 0 Å². The van der Waals surface area contributed by atoms with Crippen molar-refractivity contribution in [2.75, 3.05) is 25.1 Å². The first-order chi connectivity index (χ1) is 11.6. The highest BCUT2D eigenvalue weighted by Crippen LogP contribution is 2.23. The monoisotopic (exact) mass is 325 g/mol. The van der Waals surface area contributed by atoms with Crippen LogP contribution in [0.2, 0.25) is 0 Å². The van der Waals surface area contributed by atoms with E-state index in [0.29, 0.717) is 13.1 Å². The van der Waals surface area contributed by atoms with E-state index in [2.05, 4.69) is 9.88 Å². The van der Waals surface area contributed by atoms with Crippen molar-refractivity contribution in [3.8, 4) is 5.75 Å². The molecule has 2 heterocycles. The molecule has 1 aromatic carbocycles. The lowest BCUT2D eigenvalue weighted by Gasteiger charge is -2.39. The summed E-state index contributed by atoms with van der Waals surface area (Å²) in [5.74, 6) is 0.919. The fourth-order valence-corrected chi connectivity index (χ4v) is 3.04. The molecule has 1 aliphatic heterocycles. The van der Waals surface area contributed by atoms with Crippen LogP contribution in [0.4, 0.5) is 5.69 Å². The van der Waals surface area contributed by atoms with Crippen LogP contribution < -0.4 is 9.64 Å². The van der Waals surface area contributed by atoms with Gasteiger partial charge >= 0.3 is 0 Å². The molecule has 0 bridgehead atoms. The van der Waals surface area contributed by atoms with Gasteiger partial charge < -0.3 is 9.64 Å². The van der Waals surface area contributed by atoms with Gasteiger partial charge in [0.2, 0.25) is 5.91 Å². The summed E-state index contributed by atoms with van der Waals surface area (Å²) in [6, 6.07) is 13.5. The van der Waals surface area contributed by atoms with E-state index in [1.165, 1.54) is 0 Å². The van der Waals surface area contributed by atoms with Gasteiger partial charge in [-0.3, -0.25) is 14.7 Å². The van der Waals surface area contributed by atoms with Crippen LogP contribution in [0.25, 0.3) is 0 Å². The average Bonchev–Trinajstić information content (AvgIpc) is 2.59. The zero-order valence-electron chi connectivity index (χ0n) is 14.4. The van der Waals surface area contributed by atoms with Gasteiger partial charge in [-0.15, -0.1) is 0 Å². The summed E-state index contributed by atoms with van der Waals surface area (Å²) in [5, 5.41) is 0. The number of amides is 1. The maximum absolute atomic E-state index is 12.8. The molecule has 2 aromatic rings. The second-order valence-corrected chi connectivity index (χ2v) is 6.10. The highest BCUT2D eigenvalue weighted by molar-refractivity contribution is 5.97. The maximum atomic E-state index is 12.8. The number of ether oxygens (including phenoxy) is 1. The number of hydrogen-bond donors (Lipinski definition) is 0. The van der Waals surface area contributed by atoms with E-state index in [9.17, 15) is 4.79 Å². The van der Waals surface area contributed by atoms with Gasteiger partial charge in [0, 0.05) is 31.0 Å². The van der Waals surface area contributed by atoms with E-state index in [-0.39, 0.29) is 11.9 Å². The predicted molar refractivity (Wildman–Crippen MR) is 94.2 cm³/mol. The molecule has 5 nitrogen and oxygen atoms in total. The Morgan fingerprint density at radius 1 is 1.17 bits per heavy atom. The van der Waals surface area contributed by atoms with Crippen LogP contribution in [0.5, 0.6) is 5.75 Å². The Hall–Kier alpha value is -2.40. The largest absolute Gasteiger partial charge is 0.497 e. The zero-order chi connectivity index (χ0) is 17.1. The van der Waals surface area contributed by atoms with Crippen LogP contribution in [-0.2, 0) is 11.3 Å². The molecule has 0 unspecified atom stereocenters. The highest BCUT2D eigenvalue weighted by atomic mass is 16.5. The number of pyridine rings is 1. The van der Waals surface area contributed by atoms with Crippen molar-refractivity contribution in [1.82, 2.24) is 9.88 Å². The number of nitrogens with zero attached hydrogens (tertiary/aromatic N) is 3. The first-order valence-corrected chi connectivity index (χ1v) is 8.20. The van der Waals surface area contributed by atoms with Gasteiger partial charge in [0.05, 0.1) is 18.8 Å². The van der Waals surface area contributed by atoms with Crippen molar-refractivity contribution in [1.29, 1.82) is 0 Å². The normalized spacial score (nSPS) is 18.7. The number of aromatic nitrogens is 1. The number of aryl methyl sites for hydroxylation is 1. The Labute approximate surface area is 142 Å². The summed E-state index contributed by atoms with van der Waals surface area (Å²) in [4.78, 5) is 21.4. The Morgan fingerprint density at radius 3 is 2.58 bits per heavy atom. The molecule has 5 heteroatoms. The lowest BCUT2D eigenvalue weighted by atomic mass is 10.1. The molecule has 126 valence electrons. The lowest BCUT2D eigenvalue weighted by molar-refractivity contribution is -0.125. The molecule has 3 rings (SSSR count). The van der Waals surface area contributed by atoms with E-state index in [0.717, 1.165) is 29.4 Å². The van der Waals surface area contributed by atoms with Gasteiger partial charge in [0.25, 0.3) is 0 Å². The van der Waals surface area contributed by atoms with Gasteiger partial charge in [-0.05, 0) is 50.2 Å². The zero-order valence-corrected chi connectivity index (χ0v) is 14.4. The van der Waals surface area contributed by atoms with Crippen molar-refractivity contribution in [3.05, 3.63) is 53.9 Å². The predicted octanol–water partition coefficient (Wildman–Crippen LogP) is 2.64. The Bertz CT molecular complexity index is 715. The Morgan fingerprint density at radius 2 is 1.92 bits per heavy atom. The molecule has 1 fully saturated rings. The summed E-state index contributed by atoms with van der Waals surface area (Å²) in [7, 11) is 1.64. The third kappa shape index (κ3) is 3.41. The number of hydrogen-bond acceptors (Lipinski definition) is 4. The summed E-state index contributed by atoms with van der Waals surface area (Å²) in [6.45, 7) is 6.16. The number of carbonyl (C=O) groups is 1. The topological polar surface area (TPSA) is 45.7 Å². The molecule has 0 N–H and O–H groups in total. The second-order valence-electron chi connectivity index (χ2n) is 6.10. The van der Waals surface area contributed by atoms with Crippen molar-refractivity contribution >= 4 is 11.6 Å². The fraction of sp³-hybridized carbons (Fsp3) is 0.368. The molecule has 1 amide bonds. The summed E-state index contributed by atoms with van der Waals surface area (Å²) in [6.07, 6.45) is 0. The van der Waals surface area contributed by atoms with E-state index in [4.69, 9.17) is 4.74 Å². The van der Waals surface area contributed by atoms with Crippen molar-refractivity contribution in [2.24, 2.45) is 0 Å². The van der Waals surface area contributed by atoms with E-state index >= 15 is 0 Å². The Balaban J connectivity index is 1.70. The van der Waals surface area contributed by atoms with E-state index in [1.807, 2.05) is 61.2 Å². The smallest absolute Gasteiger partial charge is 0.244 e. The number of carbonyl (C=O) groups excluding carboxylic acids is 1. The van der Waals surface area contributed by atoms with Crippen molar-refractivity contribution in [2.45, 2.75) is 26.4 Å². The van der Waals surface area contributed by atoms with Crippen molar-refractivity contribution < 1.29 is 9.53 Å². The van der Waals surface area contributed by atoms with Gasteiger partial charge in [-0.2, -0.15) is 0 Å². The van der Waals surface area contributed by atoms with Gasteiger partial charge in [0.1, 0.15) is 5.75 Å². The van der Waals surface area contributed by atoms with Crippen LogP contribution in [-0.4, -0.2) is 42.0 Å². The quantitative estimate of drug-likeness (QED) is 0.867. The van der Waals surface area contributed by atoms with Crippen LogP contribution in [0, 0.1) is 6.92 Å². The summed E-state index contributed by atoms with van der Waals surface area (Å²) >= 11 is 0. The molecule has 0 spiro atoms. The van der Waals surface area contributed by atoms with Crippen molar-refractivity contribution in [3.63, 3.8) is 0 Å². The van der Waals surface area contributed by atoms with Crippen LogP contribution in [0.15, 0.2) is 42.5 Å². The molecular formula is C19H23N3O2. The minimum atomic E-state index is -0.164. The first kappa shape index (κ1) is 16.5. The molecule has 0 saturated carbocycles. The number of benzene rings is 1. The van der Waals surface area contributed by atoms with Gasteiger partial charge in [0.15, 0.2) is 0 Å². The Kier molecular flexibility index (Phi) is 4.81. The van der Waals surface area contributed by atoms with Crippen LogP contribution in [0.3, 0.4) is 0 Å². The molecule has 24 heavy (non-hydrogen) atoms. The molecule has 0 aliphatic carbocycles. The number of rotatable bonds is 4. The second kappa shape index (κ2) is 7.01. The van der Waals surface area contributed by atoms with Crippen LogP contribution in [0.1, 0.15) is 18.3 Å². The first-order valence-electron chi connectivity index (χ1n) is 8.20. The third-order valence-corrected chi connectivity index (χ3v) is 4.48. The molecule has 1 aliphatic rings. The molecular weight excluding hydrogens is 302 g/mol. The molecule has 1 atom stereocenters. The number of piperazine rings is 1. The van der Waals surface area contributed by atoms with E-state index in [1.54, 1.807) is 7.11 Å². The lowest BCUT2D eigenvalue weighted by Crippen LogP contribution is -2.55. The maximum Gasteiger partial charge on any atom is 0.244 e. The van der Waals surface area contributed by atoms with Gasteiger partial charge in [-0.25, -0.2) is 0 Å². The van der Waals surface area contributed by atoms with E-state index < -0.39 is 0 Å². The minimum Gasteiger partial charge on any atom is -0.497 e. The molecule has 1 saturated heterocycles. The van der Waals surface area contributed by atoms with Gasteiger partial charge in [-0.1, -0.05) is 6.07 Å². The summed E-state index contributed by atoms with van der Waals surface area (Å²) < 4.78 is 5.18. The summed E-state index contributed by atoms with van der Waals surface area (Å²) in [5.41, 5.74) is 2.93. The SMILES string of the molecule is COc1ccc(N2CCN(Cc3cccc(C)n3)[C@@H](C)C2=O)cc1. The minimum absolute atomic E-state index is 0.124. The third-order valence-electron chi connectivity index (χ3n) is 4.48.